The van der Waals surface area contributed by atoms with Crippen LogP contribution in [-0.4, -0.2) is 30.3 Å². The lowest BCUT2D eigenvalue weighted by Crippen LogP contribution is -2.34. The van der Waals surface area contributed by atoms with E-state index in [9.17, 15) is 0 Å². The van der Waals surface area contributed by atoms with Gasteiger partial charge < -0.3 is 4.74 Å². The van der Waals surface area contributed by atoms with Gasteiger partial charge in [-0.3, -0.25) is 4.99 Å². The molecule has 2 nitrogen and oxygen atoms in total. The van der Waals surface area contributed by atoms with Crippen molar-refractivity contribution < 1.29 is 4.74 Å². The zero-order chi connectivity index (χ0) is 12.7. The Balaban J connectivity index is 2.57. The number of halogens is 2. The predicted octanol–water partition coefficient (Wildman–Crippen LogP) is 3.95. The maximum atomic E-state index is 5.81. The van der Waals surface area contributed by atoms with Gasteiger partial charge in [-0.05, 0) is 31.5 Å². The van der Waals surface area contributed by atoms with Crippen LogP contribution in [0.3, 0.4) is 0 Å². The molecule has 17 heavy (non-hydrogen) atoms. The Morgan fingerprint density at radius 2 is 2.06 bits per heavy atom. The molecule has 0 fully saturated rings. The molecule has 1 aromatic carbocycles. The first kappa shape index (κ1) is 14.7. The second kappa shape index (κ2) is 7.14. The molecular formula is C13H17BrClNO. The summed E-state index contributed by atoms with van der Waals surface area (Å²) in [5.74, 6) is 0. The molecule has 1 atom stereocenters. The second-order valence-corrected chi connectivity index (χ2v) is 5.04. The zero-order valence-corrected chi connectivity index (χ0v) is 12.5. The molecular weight excluding hydrogens is 302 g/mol. The molecule has 0 spiro atoms. The molecule has 0 amide bonds. The van der Waals surface area contributed by atoms with E-state index in [1.807, 2.05) is 44.3 Å². The largest absolute Gasteiger partial charge is 0.373 e. The Bertz CT molecular complexity index is 366. The van der Waals surface area contributed by atoms with Crippen molar-refractivity contribution in [1.29, 1.82) is 0 Å². The van der Waals surface area contributed by atoms with Crippen molar-refractivity contribution in [3.05, 3.63) is 34.9 Å². The summed E-state index contributed by atoms with van der Waals surface area (Å²) in [7, 11) is 0. The first-order valence-electron chi connectivity index (χ1n) is 5.55. The summed E-state index contributed by atoms with van der Waals surface area (Å²) in [5.41, 5.74) is 0.806. The molecule has 1 rings (SSSR count). The number of alkyl halides is 1. The minimum Gasteiger partial charge on any atom is -0.373 e. The summed E-state index contributed by atoms with van der Waals surface area (Å²) in [6, 6.07) is 7.60. The second-order valence-electron chi connectivity index (χ2n) is 4.04. The number of ether oxygens (including phenoxy) is 1. The topological polar surface area (TPSA) is 21.6 Å². The molecule has 0 aliphatic rings. The first-order valence-corrected chi connectivity index (χ1v) is 7.05. The summed E-state index contributed by atoms with van der Waals surface area (Å²) in [5, 5.41) is 1.51. The van der Waals surface area contributed by atoms with E-state index in [1.165, 1.54) is 0 Å². The van der Waals surface area contributed by atoms with E-state index >= 15 is 0 Å². The monoisotopic (exact) mass is 317 g/mol. The smallest absolute Gasteiger partial charge is 0.0944 e. The van der Waals surface area contributed by atoms with Gasteiger partial charge in [0.1, 0.15) is 0 Å². The highest BCUT2D eigenvalue weighted by Gasteiger charge is 2.21. The Labute approximate surface area is 116 Å². The molecule has 0 aliphatic carbocycles. The van der Waals surface area contributed by atoms with Gasteiger partial charge in [0, 0.05) is 23.2 Å². The van der Waals surface area contributed by atoms with Crippen LogP contribution in [0.5, 0.6) is 0 Å². The van der Waals surface area contributed by atoms with Gasteiger partial charge in [0.25, 0.3) is 0 Å². The molecule has 94 valence electrons. The molecule has 1 aromatic rings. The van der Waals surface area contributed by atoms with Crippen molar-refractivity contribution in [3.63, 3.8) is 0 Å². The quantitative estimate of drug-likeness (QED) is 0.575. The van der Waals surface area contributed by atoms with E-state index in [2.05, 4.69) is 20.9 Å². The Kier molecular flexibility index (Phi) is 6.17. The van der Waals surface area contributed by atoms with Gasteiger partial charge in [-0.1, -0.05) is 39.7 Å². The maximum Gasteiger partial charge on any atom is 0.0944 e. The van der Waals surface area contributed by atoms with Crippen molar-refractivity contribution in [2.75, 3.05) is 18.5 Å². The molecule has 0 aromatic heterocycles. The third-order valence-electron chi connectivity index (χ3n) is 2.31. The average Bonchev–Trinajstić information content (AvgIpc) is 2.32. The number of rotatable bonds is 6. The molecule has 0 radical (unpaired) electrons. The van der Waals surface area contributed by atoms with Crippen molar-refractivity contribution in [1.82, 2.24) is 0 Å². The van der Waals surface area contributed by atoms with Crippen LogP contribution in [0.15, 0.2) is 29.3 Å². The van der Waals surface area contributed by atoms with Gasteiger partial charge in [-0.15, -0.1) is 0 Å². The number of benzene rings is 1. The minimum atomic E-state index is -0.238. The van der Waals surface area contributed by atoms with Crippen LogP contribution in [0.1, 0.15) is 19.4 Å². The summed E-state index contributed by atoms with van der Waals surface area (Å²) < 4.78 is 5.65. The maximum absolute atomic E-state index is 5.81. The van der Waals surface area contributed by atoms with Crippen LogP contribution in [-0.2, 0) is 4.74 Å². The van der Waals surface area contributed by atoms with E-state index in [-0.39, 0.29) is 5.60 Å². The van der Waals surface area contributed by atoms with Crippen LogP contribution in [0.4, 0.5) is 0 Å². The summed E-state index contributed by atoms with van der Waals surface area (Å²) >= 11 is 9.26. The molecule has 0 saturated heterocycles. The highest BCUT2D eigenvalue weighted by Crippen LogP contribution is 2.14. The van der Waals surface area contributed by atoms with Gasteiger partial charge in [-0.2, -0.15) is 0 Å². The van der Waals surface area contributed by atoms with Gasteiger partial charge in [0.2, 0.25) is 0 Å². The lowest BCUT2D eigenvalue weighted by Gasteiger charge is -2.24. The molecule has 0 saturated carbocycles. The van der Waals surface area contributed by atoms with Crippen molar-refractivity contribution in [3.8, 4) is 0 Å². The standard InChI is InChI=1S/C13H17BrClNO/c1-3-17-13(2,9-14)10-16-8-11-4-6-12(15)7-5-11/h4-8H,3,9-10H2,1-2H3. The minimum absolute atomic E-state index is 0.238. The van der Waals surface area contributed by atoms with Crippen LogP contribution in [0, 0.1) is 0 Å². The SMILES string of the molecule is CCOC(C)(CBr)CN=Cc1ccc(Cl)cc1. The summed E-state index contributed by atoms with van der Waals surface area (Å²) in [4.78, 5) is 4.41. The Morgan fingerprint density at radius 1 is 1.41 bits per heavy atom. The summed E-state index contributed by atoms with van der Waals surface area (Å²) in [6.07, 6.45) is 1.84. The van der Waals surface area contributed by atoms with Crippen LogP contribution in [0.25, 0.3) is 0 Å². The van der Waals surface area contributed by atoms with Gasteiger partial charge in [0.15, 0.2) is 0 Å². The fraction of sp³-hybridized carbons (Fsp3) is 0.462. The Morgan fingerprint density at radius 3 is 2.59 bits per heavy atom. The van der Waals surface area contributed by atoms with E-state index < -0.39 is 0 Å². The van der Waals surface area contributed by atoms with Crippen molar-refractivity contribution in [2.24, 2.45) is 4.99 Å². The lowest BCUT2D eigenvalue weighted by molar-refractivity contribution is 0.00283. The average molecular weight is 319 g/mol. The van der Waals surface area contributed by atoms with Gasteiger partial charge >= 0.3 is 0 Å². The molecule has 0 bridgehead atoms. The predicted molar refractivity (Wildman–Crippen MR) is 77.7 cm³/mol. The fourth-order valence-electron chi connectivity index (χ4n) is 1.37. The fourth-order valence-corrected chi connectivity index (χ4v) is 1.83. The van der Waals surface area contributed by atoms with E-state index in [0.717, 1.165) is 15.9 Å². The molecule has 0 N–H and O–H groups in total. The van der Waals surface area contributed by atoms with Crippen LogP contribution < -0.4 is 0 Å². The van der Waals surface area contributed by atoms with E-state index in [1.54, 1.807) is 0 Å². The first-order chi connectivity index (χ1) is 8.09. The molecule has 1 unspecified atom stereocenters. The lowest BCUT2D eigenvalue weighted by atomic mass is 10.1. The van der Waals surface area contributed by atoms with E-state index in [0.29, 0.717) is 13.2 Å². The third kappa shape index (κ3) is 5.19. The normalized spacial score (nSPS) is 15.1. The van der Waals surface area contributed by atoms with Crippen LogP contribution >= 0.6 is 27.5 Å². The van der Waals surface area contributed by atoms with E-state index in [4.69, 9.17) is 16.3 Å². The highest BCUT2D eigenvalue weighted by molar-refractivity contribution is 9.09. The highest BCUT2D eigenvalue weighted by atomic mass is 79.9. The summed E-state index contributed by atoms with van der Waals surface area (Å²) in [6.45, 7) is 5.36. The molecule has 0 heterocycles. The Hall–Kier alpha value is -0.380. The van der Waals surface area contributed by atoms with Crippen molar-refractivity contribution in [2.45, 2.75) is 19.4 Å². The number of hydrogen-bond donors (Lipinski definition) is 0. The molecule has 4 heteroatoms. The number of aliphatic imine (C=N–C) groups is 1. The molecule has 0 aliphatic heterocycles. The third-order valence-corrected chi connectivity index (χ3v) is 3.75. The number of nitrogens with zero attached hydrogens (tertiary/aromatic N) is 1. The van der Waals surface area contributed by atoms with Gasteiger partial charge in [0.05, 0.1) is 12.1 Å². The zero-order valence-electron chi connectivity index (χ0n) is 10.1. The number of hydrogen-bond acceptors (Lipinski definition) is 2. The van der Waals surface area contributed by atoms with Gasteiger partial charge in [-0.25, -0.2) is 0 Å². The van der Waals surface area contributed by atoms with Crippen LogP contribution in [0.2, 0.25) is 5.02 Å². The van der Waals surface area contributed by atoms with Crippen molar-refractivity contribution >= 4 is 33.7 Å².